The molecule has 0 amide bonds. The summed E-state index contributed by atoms with van der Waals surface area (Å²) in [6.45, 7) is 3.03. The highest BCUT2D eigenvalue weighted by atomic mass is 32.2. The molecule has 0 spiro atoms. The number of carboxylic acids is 1. The molecule has 0 aromatic carbocycles. The molecule has 1 aliphatic rings. The zero-order valence-electron chi connectivity index (χ0n) is 7.91. The molecule has 0 bridgehead atoms. The first-order valence-corrected chi connectivity index (χ1v) is 5.92. The molecule has 1 heterocycles. The second-order valence-electron chi connectivity index (χ2n) is 3.74. The molecule has 3 N–H and O–H groups in total. The van der Waals surface area contributed by atoms with Gasteiger partial charge in [0.25, 0.3) is 0 Å². The van der Waals surface area contributed by atoms with Crippen LogP contribution in [0.15, 0.2) is 0 Å². The molecule has 0 aromatic heterocycles. The topological polar surface area (TPSA) is 95.5 Å². The lowest BCUT2D eigenvalue weighted by Crippen LogP contribution is -2.49. The SMILES string of the molecule is CC1(NS(=O)(=O)CC(=O)O)CCNC1. The maximum atomic E-state index is 11.3. The van der Waals surface area contributed by atoms with Crippen molar-refractivity contribution in [2.45, 2.75) is 18.9 Å². The quantitative estimate of drug-likeness (QED) is 0.552. The Labute approximate surface area is 82.7 Å². The Morgan fingerprint density at radius 2 is 2.29 bits per heavy atom. The number of rotatable bonds is 4. The van der Waals surface area contributed by atoms with Gasteiger partial charge in [-0.1, -0.05) is 0 Å². The minimum atomic E-state index is -3.71. The Balaban J connectivity index is 2.62. The first-order valence-electron chi connectivity index (χ1n) is 4.27. The molecule has 0 aromatic rings. The predicted molar refractivity (Wildman–Crippen MR) is 50.5 cm³/mol. The summed E-state index contributed by atoms with van der Waals surface area (Å²) in [5, 5.41) is 11.4. The Hall–Kier alpha value is -0.660. The summed E-state index contributed by atoms with van der Waals surface area (Å²) >= 11 is 0. The van der Waals surface area contributed by atoms with Crippen molar-refractivity contribution in [1.82, 2.24) is 10.0 Å². The van der Waals surface area contributed by atoms with Gasteiger partial charge >= 0.3 is 5.97 Å². The second kappa shape index (κ2) is 3.84. The number of hydrogen-bond donors (Lipinski definition) is 3. The van der Waals surface area contributed by atoms with Crippen molar-refractivity contribution in [3.63, 3.8) is 0 Å². The minimum Gasteiger partial charge on any atom is -0.480 e. The number of carbonyl (C=O) groups is 1. The molecule has 1 fully saturated rings. The van der Waals surface area contributed by atoms with E-state index in [0.29, 0.717) is 13.0 Å². The fourth-order valence-electron chi connectivity index (χ4n) is 1.48. The van der Waals surface area contributed by atoms with Crippen LogP contribution in [0.1, 0.15) is 13.3 Å². The number of carboxylic acid groups (broad SMARTS) is 1. The molecule has 0 radical (unpaired) electrons. The fraction of sp³-hybridized carbons (Fsp3) is 0.857. The van der Waals surface area contributed by atoms with E-state index >= 15 is 0 Å². The van der Waals surface area contributed by atoms with E-state index in [9.17, 15) is 13.2 Å². The van der Waals surface area contributed by atoms with E-state index in [4.69, 9.17) is 5.11 Å². The maximum Gasteiger partial charge on any atom is 0.320 e. The summed E-state index contributed by atoms with van der Waals surface area (Å²) in [4.78, 5) is 10.3. The van der Waals surface area contributed by atoms with Gasteiger partial charge in [0.2, 0.25) is 10.0 Å². The van der Waals surface area contributed by atoms with E-state index in [2.05, 4.69) is 10.0 Å². The first-order chi connectivity index (χ1) is 6.33. The standard InChI is InChI=1S/C7H14N2O4S/c1-7(2-3-8-5-7)9-14(12,13)4-6(10)11/h8-9H,2-5H2,1H3,(H,10,11). The normalized spacial score (nSPS) is 27.8. The second-order valence-corrected chi connectivity index (χ2v) is 5.46. The maximum absolute atomic E-state index is 11.3. The van der Waals surface area contributed by atoms with Gasteiger partial charge in [0, 0.05) is 12.1 Å². The number of nitrogens with one attached hydrogen (secondary N) is 2. The lowest BCUT2D eigenvalue weighted by Gasteiger charge is -2.23. The summed E-state index contributed by atoms with van der Waals surface area (Å²) in [6, 6.07) is 0. The van der Waals surface area contributed by atoms with Gasteiger partial charge in [-0.05, 0) is 19.9 Å². The zero-order chi connectivity index (χ0) is 10.8. The number of hydrogen-bond acceptors (Lipinski definition) is 4. The third-order valence-corrected chi connectivity index (χ3v) is 3.51. The van der Waals surface area contributed by atoms with Crippen LogP contribution in [0.5, 0.6) is 0 Å². The summed E-state index contributed by atoms with van der Waals surface area (Å²) in [6.07, 6.45) is 0.672. The van der Waals surface area contributed by atoms with Gasteiger partial charge in [0.1, 0.15) is 0 Å². The van der Waals surface area contributed by atoms with E-state index < -0.39 is 27.3 Å². The number of sulfonamides is 1. The highest BCUT2D eigenvalue weighted by Gasteiger charge is 2.33. The zero-order valence-corrected chi connectivity index (χ0v) is 8.73. The van der Waals surface area contributed by atoms with Crippen LogP contribution in [0.25, 0.3) is 0 Å². The Kier molecular flexibility index (Phi) is 3.13. The van der Waals surface area contributed by atoms with Gasteiger partial charge in [0.05, 0.1) is 0 Å². The average Bonchev–Trinajstić information content (AvgIpc) is 2.30. The summed E-state index contributed by atoms with van der Waals surface area (Å²) in [5.41, 5.74) is -0.547. The molecule has 6 nitrogen and oxygen atoms in total. The van der Waals surface area contributed by atoms with Gasteiger partial charge in [-0.25, -0.2) is 13.1 Å². The van der Waals surface area contributed by atoms with Crippen LogP contribution in [0.3, 0.4) is 0 Å². The molecule has 0 aliphatic carbocycles. The molecular weight excluding hydrogens is 208 g/mol. The predicted octanol–water partition coefficient (Wildman–Crippen LogP) is -1.26. The highest BCUT2D eigenvalue weighted by molar-refractivity contribution is 7.90. The highest BCUT2D eigenvalue weighted by Crippen LogP contribution is 2.14. The van der Waals surface area contributed by atoms with E-state index in [0.717, 1.165) is 6.54 Å². The van der Waals surface area contributed by atoms with Crippen molar-refractivity contribution in [1.29, 1.82) is 0 Å². The lowest BCUT2D eigenvalue weighted by atomic mass is 10.0. The van der Waals surface area contributed by atoms with Gasteiger partial charge in [-0.15, -0.1) is 0 Å². The van der Waals surface area contributed by atoms with Gasteiger partial charge in [0.15, 0.2) is 5.75 Å². The monoisotopic (exact) mass is 222 g/mol. The van der Waals surface area contributed by atoms with Crippen molar-refractivity contribution in [2.24, 2.45) is 0 Å². The van der Waals surface area contributed by atoms with E-state index in [1.807, 2.05) is 0 Å². The summed E-state index contributed by atoms with van der Waals surface area (Å²) in [5.74, 6) is -2.21. The average molecular weight is 222 g/mol. The molecular formula is C7H14N2O4S. The Morgan fingerprint density at radius 3 is 2.71 bits per heavy atom. The van der Waals surface area contributed by atoms with Crippen molar-refractivity contribution in [3.05, 3.63) is 0 Å². The Bertz CT molecular complexity index is 319. The van der Waals surface area contributed by atoms with E-state index in [1.54, 1.807) is 6.92 Å². The van der Waals surface area contributed by atoms with Crippen molar-refractivity contribution < 1.29 is 18.3 Å². The summed E-state index contributed by atoms with van der Waals surface area (Å²) < 4.78 is 25.0. The molecule has 1 aliphatic heterocycles. The molecule has 1 unspecified atom stereocenters. The molecule has 0 saturated carbocycles. The number of aliphatic carboxylic acids is 1. The smallest absolute Gasteiger partial charge is 0.320 e. The van der Waals surface area contributed by atoms with Crippen LogP contribution in [-0.4, -0.2) is 43.9 Å². The van der Waals surface area contributed by atoms with Crippen LogP contribution in [-0.2, 0) is 14.8 Å². The van der Waals surface area contributed by atoms with Crippen LogP contribution in [0.2, 0.25) is 0 Å². The van der Waals surface area contributed by atoms with Crippen molar-refractivity contribution >= 4 is 16.0 Å². The molecule has 1 atom stereocenters. The van der Waals surface area contributed by atoms with Crippen LogP contribution >= 0.6 is 0 Å². The summed E-state index contributed by atoms with van der Waals surface area (Å²) in [7, 11) is -3.71. The molecule has 1 rings (SSSR count). The minimum absolute atomic E-state index is 0.534. The van der Waals surface area contributed by atoms with E-state index in [-0.39, 0.29) is 0 Å². The van der Waals surface area contributed by atoms with Crippen LogP contribution in [0, 0.1) is 0 Å². The van der Waals surface area contributed by atoms with Gasteiger partial charge in [-0.2, -0.15) is 0 Å². The molecule has 7 heteroatoms. The van der Waals surface area contributed by atoms with Crippen LogP contribution < -0.4 is 10.0 Å². The van der Waals surface area contributed by atoms with Gasteiger partial charge < -0.3 is 10.4 Å². The van der Waals surface area contributed by atoms with Crippen molar-refractivity contribution in [3.8, 4) is 0 Å². The van der Waals surface area contributed by atoms with Crippen LogP contribution in [0.4, 0.5) is 0 Å². The first kappa shape index (κ1) is 11.4. The van der Waals surface area contributed by atoms with E-state index in [1.165, 1.54) is 0 Å². The largest absolute Gasteiger partial charge is 0.480 e. The molecule has 1 saturated heterocycles. The molecule has 82 valence electrons. The lowest BCUT2D eigenvalue weighted by molar-refractivity contribution is -0.134. The van der Waals surface area contributed by atoms with Crippen molar-refractivity contribution in [2.75, 3.05) is 18.8 Å². The fourth-order valence-corrected chi connectivity index (χ4v) is 2.80. The Morgan fingerprint density at radius 1 is 1.64 bits per heavy atom. The van der Waals surface area contributed by atoms with Gasteiger partial charge in [-0.3, -0.25) is 4.79 Å². The third kappa shape index (κ3) is 3.24. The third-order valence-electron chi connectivity index (χ3n) is 2.08. The molecule has 14 heavy (non-hydrogen) atoms.